The molecule has 0 saturated carbocycles. The van der Waals surface area contributed by atoms with Gasteiger partial charge in [0, 0.05) is 0 Å². The SMILES string of the molecule is CC(C)c1csc(N(C(=O)OC(C)(C)C)C(=O)OC(C)(C)C)c1C(=O)O. The Hall–Kier alpha value is -2.09. The lowest BCUT2D eigenvalue weighted by atomic mass is 10.0. The highest BCUT2D eigenvalue weighted by atomic mass is 32.1. The van der Waals surface area contributed by atoms with E-state index in [0.717, 1.165) is 11.3 Å². The van der Waals surface area contributed by atoms with Crippen LogP contribution in [0.4, 0.5) is 14.6 Å². The Bertz CT molecular complexity index is 666. The molecule has 0 aliphatic rings. The van der Waals surface area contributed by atoms with Crippen LogP contribution in [0, 0.1) is 0 Å². The lowest BCUT2D eigenvalue weighted by molar-refractivity contribution is 0.0432. The van der Waals surface area contributed by atoms with Crippen molar-refractivity contribution in [3.8, 4) is 0 Å². The molecule has 0 radical (unpaired) electrons. The Morgan fingerprint density at radius 2 is 1.42 bits per heavy atom. The van der Waals surface area contributed by atoms with Gasteiger partial charge in [0.15, 0.2) is 0 Å². The van der Waals surface area contributed by atoms with Gasteiger partial charge in [-0.2, -0.15) is 4.90 Å². The van der Waals surface area contributed by atoms with Gasteiger partial charge in [0.25, 0.3) is 0 Å². The average Bonchev–Trinajstić information content (AvgIpc) is 2.78. The minimum Gasteiger partial charge on any atom is -0.478 e. The van der Waals surface area contributed by atoms with Gasteiger partial charge in [-0.15, -0.1) is 11.3 Å². The minimum atomic E-state index is -1.22. The molecule has 1 N–H and O–H groups in total. The Kier molecular flexibility index (Phi) is 6.46. The number of carbonyl (C=O) groups is 3. The molecule has 1 aromatic heterocycles. The zero-order chi connectivity index (χ0) is 20.4. The van der Waals surface area contributed by atoms with E-state index >= 15 is 0 Å². The lowest BCUT2D eigenvalue weighted by Gasteiger charge is -2.28. The number of anilines is 1. The van der Waals surface area contributed by atoms with Crippen molar-refractivity contribution in [1.29, 1.82) is 0 Å². The molecular weight excluding hydrogens is 358 g/mol. The van der Waals surface area contributed by atoms with Gasteiger partial charge in [0.2, 0.25) is 0 Å². The average molecular weight is 385 g/mol. The number of carboxylic acid groups (broad SMARTS) is 1. The molecule has 0 unspecified atom stereocenters. The molecule has 26 heavy (non-hydrogen) atoms. The first-order chi connectivity index (χ1) is 11.6. The topological polar surface area (TPSA) is 93.1 Å². The monoisotopic (exact) mass is 385 g/mol. The number of rotatable bonds is 3. The van der Waals surface area contributed by atoms with E-state index in [2.05, 4.69) is 0 Å². The molecule has 1 aromatic rings. The summed E-state index contributed by atoms with van der Waals surface area (Å²) in [6.07, 6.45) is -1.96. The standard InChI is InChI=1S/C18H27NO6S/c1-10(2)11-9-26-13(12(11)14(20)21)19(15(22)24-17(3,4)5)16(23)25-18(6,7)8/h9-10H,1-8H3,(H,20,21). The van der Waals surface area contributed by atoms with Crippen LogP contribution in [-0.4, -0.2) is 34.5 Å². The first kappa shape index (κ1) is 22.0. The molecular formula is C18H27NO6S. The third-order valence-corrected chi connectivity index (χ3v) is 3.97. The van der Waals surface area contributed by atoms with E-state index in [1.165, 1.54) is 0 Å². The number of carbonyl (C=O) groups excluding carboxylic acids is 2. The second-order valence-electron chi connectivity index (χ2n) is 8.13. The summed E-state index contributed by atoms with van der Waals surface area (Å²) >= 11 is 0.993. The van der Waals surface area contributed by atoms with Crippen LogP contribution in [-0.2, 0) is 9.47 Å². The first-order valence-corrected chi connectivity index (χ1v) is 9.12. The Morgan fingerprint density at radius 1 is 1.00 bits per heavy atom. The minimum absolute atomic E-state index is 0.0234. The molecule has 0 atom stereocenters. The van der Waals surface area contributed by atoms with Crippen molar-refractivity contribution in [2.75, 3.05) is 4.90 Å². The summed E-state index contributed by atoms with van der Waals surface area (Å²) in [6.45, 7) is 13.6. The van der Waals surface area contributed by atoms with Crippen molar-refractivity contribution in [1.82, 2.24) is 0 Å². The van der Waals surface area contributed by atoms with Gasteiger partial charge in [0.05, 0.1) is 5.56 Å². The first-order valence-electron chi connectivity index (χ1n) is 8.25. The van der Waals surface area contributed by atoms with Crippen LogP contribution >= 0.6 is 11.3 Å². The molecule has 7 nitrogen and oxygen atoms in total. The maximum Gasteiger partial charge on any atom is 0.425 e. The molecule has 146 valence electrons. The number of ether oxygens (including phenoxy) is 2. The number of hydrogen-bond acceptors (Lipinski definition) is 6. The summed E-state index contributed by atoms with van der Waals surface area (Å²) in [4.78, 5) is 37.8. The third kappa shape index (κ3) is 5.72. The van der Waals surface area contributed by atoms with Crippen LogP contribution in [0.25, 0.3) is 0 Å². The van der Waals surface area contributed by atoms with Crippen molar-refractivity contribution in [2.24, 2.45) is 0 Å². The second kappa shape index (κ2) is 7.65. The summed E-state index contributed by atoms with van der Waals surface area (Å²) < 4.78 is 10.6. The summed E-state index contributed by atoms with van der Waals surface area (Å²) in [7, 11) is 0. The zero-order valence-corrected chi connectivity index (χ0v) is 17.3. The van der Waals surface area contributed by atoms with Crippen LogP contribution in [0.2, 0.25) is 0 Å². The second-order valence-corrected chi connectivity index (χ2v) is 8.99. The van der Waals surface area contributed by atoms with E-state index < -0.39 is 29.4 Å². The van der Waals surface area contributed by atoms with Gasteiger partial charge in [-0.1, -0.05) is 13.8 Å². The number of aromatic carboxylic acids is 1. The molecule has 0 aromatic carbocycles. The molecule has 2 amide bonds. The Morgan fingerprint density at radius 3 is 1.73 bits per heavy atom. The van der Waals surface area contributed by atoms with Crippen molar-refractivity contribution < 1.29 is 29.0 Å². The number of carboxylic acids is 1. The van der Waals surface area contributed by atoms with E-state index in [-0.39, 0.29) is 16.5 Å². The molecule has 1 rings (SSSR count). The van der Waals surface area contributed by atoms with Gasteiger partial charge in [-0.3, -0.25) is 0 Å². The summed E-state index contributed by atoms with van der Waals surface area (Å²) in [6, 6.07) is 0. The smallest absolute Gasteiger partial charge is 0.425 e. The number of hydrogen-bond donors (Lipinski definition) is 1. The van der Waals surface area contributed by atoms with Crippen LogP contribution in [0.15, 0.2) is 5.38 Å². The normalized spacial score (nSPS) is 12.0. The van der Waals surface area contributed by atoms with Crippen LogP contribution < -0.4 is 4.90 Å². The highest BCUT2D eigenvalue weighted by Gasteiger charge is 2.37. The molecule has 0 fully saturated rings. The molecule has 0 aliphatic heterocycles. The summed E-state index contributed by atoms with van der Waals surface area (Å²) in [5, 5.41) is 11.2. The molecule has 0 aliphatic carbocycles. The van der Waals surface area contributed by atoms with Gasteiger partial charge in [-0.25, -0.2) is 14.4 Å². The molecule has 0 saturated heterocycles. The van der Waals surface area contributed by atoms with E-state index in [9.17, 15) is 19.5 Å². The quantitative estimate of drug-likeness (QED) is 0.764. The predicted molar refractivity (Wildman–Crippen MR) is 100 cm³/mol. The largest absolute Gasteiger partial charge is 0.478 e. The van der Waals surface area contributed by atoms with Crippen molar-refractivity contribution in [3.63, 3.8) is 0 Å². The van der Waals surface area contributed by atoms with Gasteiger partial charge in [-0.05, 0) is 58.4 Å². The molecule has 1 heterocycles. The third-order valence-electron chi connectivity index (χ3n) is 2.99. The van der Waals surface area contributed by atoms with E-state index in [1.807, 2.05) is 13.8 Å². The molecule has 8 heteroatoms. The summed E-state index contributed by atoms with van der Waals surface area (Å²) in [5.74, 6) is -1.31. The van der Waals surface area contributed by atoms with E-state index in [4.69, 9.17) is 9.47 Å². The van der Waals surface area contributed by atoms with E-state index in [0.29, 0.717) is 10.5 Å². The van der Waals surface area contributed by atoms with Gasteiger partial charge >= 0.3 is 18.2 Å². The fraction of sp³-hybridized carbons (Fsp3) is 0.611. The highest BCUT2D eigenvalue weighted by molar-refractivity contribution is 7.15. The van der Waals surface area contributed by atoms with Crippen molar-refractivity contribution in [2.45, 2.75) is 72.5 Å². The van der Waals surface area contributed by atoms with Crippen molar-refractivity contribution in [3.05, 3.63) is 16.5 Å². The predicted octanol–water partition coefficient (Wildman–Crippen LogP) is 5.25. The fourth-order valence-electron chi connectivity index (χ4n) is 2.02. The highest BCUT2D eigenvalue weighted by Crippen LogP contribution is 2.37. The molecule has 0 bridgehead atoms. The van der Waals surface area contributed by atoms with E-state index in [1.54, 1.807) is 46.9 Å². The zero-order valence-electron chi connectivity index (χ0n) is 16.5. The van der Waals surface area contributed by atoms with Gasteiger partial charge < -0.3 is 14.6 Å². The molecule has 0 spiro atoms. The maximum atomic E-state index is 12.7. The number of thiophene rings is 1. The Labute approximate surface area is 157 Å². The maximum absolute atomic E-state index is 12.7. The fourth-order valence-corrected chi connectivity index (χ4v) is 3.23. The van der Waals surface area contributed by atoms with Crippen molar-refractivity contribution >= 4 is 34.5 Å². The van der Waals surface area contributed by atoms with Crippen LogP contribution in [0.3, 0.4) is 0 Å². The van der Waals surface area contributed by atoms with Crippen LogP contribution in [0.5, 0.6) is 0 Å². The van der Waals surface area contributed by atoms with Crippen LogP contribution in [0.1, 0.15) is 77.2 Å². The Balaban J connectivity index is 3.49. The summed E-state index contributed by atoms with van der Waals surface area (Å²) in [5.41, 5.74) is -1.28. The number of imide groups is 1. The number of amides is 2. The lowest BCUT2D eigenvalue weighted by Crippen LogP contribution is -2.44. The number of nitrogens with zero attached hydrogens (tertiary/aromatic N) is 1. The van der Waals surface area contributed by atoms with Gasteiger partial charge in [0.1, 0.15) is 16.2 Å².